The van der Waals surface area contributed by atoms with Crippen molar-refractivity contribution in [2.75, 3.05) is 13.6 Å². The summed E-state index contributed by atoms with van der Waals surface area (Å²) in [5, 5.41) is 0. The molecule has 1 saturated carbocycles. The predicted octanol–water partition coefficient (Wildman–Crippen LogP) is 2.24. The van der Waals surface area contributed by atoms with E-state index in [1.807, 2.05) is 0 Å². The molecule has 0 aromatic heterocycles. The largest absolute Gasteiger partial charge is 0.341 e. The Kier molecular flexibility index (Phi) is 3.82. The summed E-state index contributed by atoms with van der Waals surface area (Å²) in [6.07, 6.45) is 2.20. The number of benzene rings is 1. The summed E-state index contributed by atoms with van der Waals surface area (Å²) in [5.74, 6) is -0.782. The molecular weight excluding hydrogens is 293 g/mol. The van der Waals surface area contributed by atoms with Crippen LogP contribution < -0.4 is 0 Å². The van der Waals surface area contributed by atoms with E-state index in [1.54, 1.807) is 7.05 Å². The van der Waals surface area contributed by atoms with Crippen LogP contribution >= 0.6 is 10.7 Å². The molecular formula is C12H13ClFNO3S. The topological polar surface area (TPSA) is 54.5 Å². The van der Waals surface area contributed by atoms with Crippen LogP contribution in [-0.4, -0.2) is 32.8 Å². The van der Waals surface area contributed by atoms with E-state index in [-0.39, 0.29) is 11.5 Å². The van der Waals surface area contributed by atoms with Crippen molar-refractivity contribution >= 4 is 25.6 Å². The average Bonchev–Trinajstić information content (AvgIpc) is 3.11. The number of hydrogen-bond donors (Lipinski definition) is 0. The molecule has 19 heavy (non-hydrogen) atoms. The van der Waals surface area contributed by atoms with Crippen LogP contribution in [0.25, 0.3) is 0 Å². The number of nitrogens with zero attached hydrogens (tertiary/aromatic N) is 1. The van der Waals surface area contributed by atoms with Crippen LogP contribution in [0.3, 0.4) is 0 Å². The molecule has 0 spiro atoms. The monoisotopic (exact) mass is 305 g/mol. The second-order valence-electron chi connectivity index (χ2n) is 4.71. The molecule has 0 unspecified atom stereocenters. The highest BCUT2D eigenvalue weighted by Crippen LogP contribution is 2.30. The smallest absolute Gasteiger partial charge is 0.264 e. The van der Waals surface area contributed by atoms with Crippen LogP contribution in [0.15, 0.2) is 23.1 Å². The summed E-state index contributed by atoms with van der Waals surface area (Å²) in [6, 6.07) is 3.17. The molecule has 0 radical (unpaired) electrons. The molecule has 1 aliphatic rings. The van der Waals surface area contributed by atoms with Crippen molar-refractivity contribution in [3.05, 3.63) is 29.6 Å². The van der Waals surface area contributed by atoms with Crippen LogP contribution in [0.4, 0.5) is 4.39 Å². The van der Waals surface area contributed by atoms with Gasteiger partial charge >= 0.3 is 0 Å². The zero-order chi connectivity index (χ0) is 14.2. The van der Waals surface area contributed by atoms with Crippen molar-refractivity contribution in [3.8, 4) is 0 Å². The fraction of sp³-hybridized carbons (Fsp3) is 0.417. The van der Waals surface area contributed by atoms with Gasteiger partial charge in [-0.1, -0.05) is 0 Å². The highest BCUT2D eigenvalue weighted by Gasteiger charge is 2.26. The first-order valence-electron chi connectivity index (χ1n) is 5.78. The van der Waals surface area contributed by atoms with Crippen molar-refractivity contribution in [3.63, 3.8) is 0 Å². The Hall–Kier alpha value is -1.14. The van der Waals surface area contributed by atoms with Gasteiger partial charge < -0.3 is 4.90 Å². The maximum absolute atomic E-state index is 13.4. The molecule has 7 heteroatoms. The van der Waals surface area contributed by atoms with E-state index in [2.05, 4.69) is 0 Å². The molecule has 1 aromatic carbocycles. The van der Waals surface area contributed by atoms with E-state index in [0.717, 1.165) is 25.0 Å². The average molecular weight is 306 g/mol. The lowest BCUT2D eigenvalue weighted by Gasteiger charge is -2.17. The molecule has 0 bridgehead atoms. The van der Waals surface area contributed by atoms with Crippen LogP contribution in [-0.2, 0) is 9.05 Å². The first kappa shape index (κ1) is 14.3. The minimum Gasteiger partial charge on any atom is -0.341 e. The fourth-order valence-electron chi connectivity index (χ4n) is 1.81. The van der Waals surface area contributed by atoms with E-state index < -0.39 is 19.8 Å². The minimum atomic E-state index is -4.20. The van der Waals surface area contributed by atoms with Gasteiger partial charge in [-0.15, -0.1) is 0 Å². The summed E-state index contributed by atoms with van der Waals surface area (Å²) in [7, 11) is 2.56. The molecule has 1 aromatic rings. The van der Waals surface area contributed by atoms with Crippen molar-refractivity contribution in [2.45, 2.75) is 17.7 Å². The van der Waals surface area contributed by atoms with Gasteiger partial charge in [0.05, 0.1) is 0 Å². The molecule has 0 N–H and O–H groups in total. The third-order valence-electron chi connectivity index (χ3n) is 3.02. The highest BCUT2D eigenvalue weighted by molar-refractivity contribution is 8.13. The summed E-state index contributed by atoms with van der Waals surface area (Å²) >= 11 is 0. The van der Waals surface area contributed by atoms with E-state index in [0.29, 0.717) is 12.5 Å². The molecule has 2 rings (SSSR count). The highest BCUT2D eigenvalue weighted by atomic mass is 35.7. The Morgan fingerprint density at radius 2 is 2.11 bits per heavy atom. The summed E-state index contributed by atoms with van der Waals surface area (Å²) in [5.41, 5.74) is 0.115. The van der Waals surface area contributed by atoms with Crippen LogP contribution in [0.2, 0.25) is 0 Å². The van der Waals surface area contributed by atoms with Gasteiger partial charge in [-0.2, -0.15) is 0 Å². The number of rotatable bonds is 4. The van der Waals surface area contributed by atoms with Crippen molar-refractivity contribution in [1.82, 2.24) is 4.90 Å². The summed E-state index contributed by atoms with van der Waals surface area (Å²) in [4.78, 5) is 12.9. The second-order valence-corrected chi connectivity index (χ2v) is 7.25. The normalized spacial score (nSPS) is 15.3. The maximum atomic E-state index is 13.4. The zero-order valence-corrected chi connectivity index (χ0v) is 11.8. The fourth-order valence-corrected chi connectivity index (χ4v) is 2.74. The van der Waals surface area contributed by atoms with Gasteiger partial charge in [0.25, 0.3) is 15.0 Å². The Bertz CT molecular complexity index is 613. The van der Waals surface area contributed by atoms with Crippen molar-refractivity contribution < 1.29 is 17.6 Å². The lowest BCUT2D eigenvalue weighted by molar-refractivity contribution is 0.0788. The van der Waals surface area contributed by atoms with Gasteiger partial charge in [0.15, 0.2) is 0 Å². The second kappa shape index (κ2) is 5.09. The number of carbonyl (C=O) groups excluding carboxylic acids is 1. The van der Waals surface area contributed by atoms with Gasteiger partial charge in [0.2, 0.25) is 0 Å². The number of carbonyl (C=O) groups is 1. The van der Waals surface area contributed by atoms with Crippen LogP contribution in [0.5, 0.6) is 0 Å². The number of hydrogen-bond acceptors (Lipinski definition) is 3. The molecule has 0 saturated heterocycles. The predicted molar refractivity (Wildman–Crippen MR) is 69.1 cm³/mol. The van der Waals surface area contributed by atoms with E-state index in [1.165, 1.54) is 11.0 Å². The number of amides is 1. The van der Waals surface area contributed by atoms with Gasteiger partial charge in [0.1, 0.15) is 10.7 Å². The van der Waals surface area contributed by atoms with Crippen molar-refractivity contribution in [2.24, 2.45) is 5.92 Å². The summed E-state index contributed by atoms with van der Waals surface area (Å²) < 4.78 is 35.7. The molecule has 4 nitrogen and oxygen atoms in total. The lowest BCUT2D eigenvalue weighted by Crippen LogP contribution is -2.28. The Morgan fingerprint density at radius 1 is 1.47 bits per heavy atom. The van der Waals surface area contributed by atoms with E-state index in [4.69, 9.17) is 10.7 Å². The van der Waals surface area contributed by atoms with E-state index in [9.17, 15) is 17.6 Å². The lowest BCUT2D eigenvalue weighted by atomic mass is 10.2. The maximum Gasteiger partial charge on any atom is 0.264 e. The molecule has 1 amide bonds. The quantitative estimate of drug-likeness (QED) is 0.802. The minimum absolute atomic E-state index is 0.115. The molecule has 0 heterocycles. The first-order valence-corrected chi connectivity index (χ1v) is 8.09. The van der Waals surface area contributed by atoms with Crippen LogP contribution in [0.1, 0.15) is 23.2 Å². The van der Waals surface area contributed by atoms with Gasteiger partial charge in [-0.3, -0.25) is 4.79 Å². The van der Waals surface area contributed by atoms with Gasteiger partial charge in [-0.05, 0) is 37.0 Å². The molecule has 0 aliphatic heterocycles. The standard InChI is InChI=1S/C12H13ClFNO3S/c1-15(7-8-2-3-8)12(16)9-4-5-10(14)11(6-9)19(13,17)18/h4-6,8H,2-3,7H2,1H3. The van der Waals surface area contributed by atoms with Gasteiger partial charge in [0, 0.05) is 29.8 Å². The van der Waals surface area contributed by atoms with Crippen LogP contribution in [0, 0.1) is 11.7 Å². The zero-order valence-electron chi connectivity index (χ0n) is 10.3. The Morgan fingerprint density at radius 3 is 2.63 bits per heavy atom. The molecule has 104 valence electrons. The van der Waals surface area contributed by atoms with Crippen molar-refractivity contribution in [1.29, 1.82) is 0 Å². The first-order chi connectivity index (χ1) is 8.79. The molecule has 1 aliphatic carbocycles. The third kappa shape index (κ3) is 3.45. The summed E-state index contributed by atoms with van der Waals surface area (Å²) in [6.45, 7) is 0.624. The molecule has 1 fully saturated rings. The number of halogens is 2. The van der Waals surface area contributed by atoms with E-state index >= 15 is 0 Å². The Balaban J connectivity index is 2.27. The third-order valence-corrected chi connectivity index (χ3v) is 4.35. The SMILES string of the molecule is CN(CC1CC1)C(=O)c1ccc(F)c(S(=O)(=O)Cl)c1. The molecule has 0 atom stereocenters. The van der Waals surface area contributed by atoms with Gasteiger partial charge in [-0.25, -0.2) is 12.8 Å². The Labute approximate surface area is 115 Å².